The van der Waals surface area contributed by atoms with Crippen LogP contribution in [-0.2, 0) is 14.3 Å². The second-order valence-corrected chi connectivity index (χ2v) is 5.14. The third-order valence-electron chi connectivity index (χ3n) is 2.81. The Labute approximate surface area is 148 Å². The summed E-state index contributed by atoms with van der Waals surface area (Å²) in [4.78, 5) is 44.7. The lowest BCUT2D eigenvalue weighted by atomic mass is 10.2. The number of benzene rings is 1. The van der Waals surface area contributed by atoms with Crippen molar-refractivity contribution in [1.82, 2.24) is 10.6 Å². The average Bonchev–Trinajstić information content (AvgIpc) is 2.53. The zero-order chi connectivity index (χ0) is 19.0. The Balaban J connectivity index is 2.65. The van der Waals surface area contributed by atoms with Gasteiger partial charge in [0.1, 0.15) is 5.02 Å². The van der Waals surface area contributed by atoms with E-state index in [4.69, 9.17) is 16.3 Å². The molecule has 3 amide bonds. The highest BCUT2D eigenvalue weighted by molar-refractivity contribution is 6.32. The maximum atomic E-state index is 11.7. The van der Waals surface area contributed by atoms with Gasteiger partial charge in [-0.3, -0.25) is 20.2 Å². The van der Waals surface area contributed by atoms with Crippen molar-refractivity contribution >= 4 is 41.3 Å². The van der Waals surface area contributed by atoms with E-state index in [0.29, 0.717) is 12.1 Å². The molecule has 0 saturated heterocycles. The molecule has 134 valence electrons. The third kappa shape index (κ3) is 6.60. The van der Waals surface area contributed by atoms with Crippen LogP contribution >= 0.6 is 11.6 Å². The normalized spacial score (nSPS) is 11.6. The van der Waals surface area contributed by atoms with E-state index < -0.39 is 28.9 Å². The summed E-state index contributed by atoms with van der Waals surface area (Å²) < 4.78 is 4.84. The van der Waals surface area contributed by atoms with Crippen molar-refractivity contribution in [3.63, 3.8) is 0 Å². The zero-order valence-corrected chi connectivity index (χ0v) is 14.2. The van der Waals surface area contributed by atoms with Crippen LogP contribution < -0.4 is 10.6 Å². The minimum atomic E-state index is -1.20. The van der Waals surface area contributed by atoms with Crippen LogP contribution in [0.4, 0.5) is 10.5 Å². The summed E-state index contributed by atoms with van der Waals surface area (Å²) in [6, 6.07) is 3.30. The predicted molar refractivity (Wildman–Crippen MR) is 89.9 cm³/mol. The van der Waals surface area contributed by atoms with Crippen LogP contribution in [0, 0.1) is 10.1 Å². The molecule has 0 aliphatic rings. The molecule has 0 spiro atoms. The van der Waals surface area contributed by atoms with Gasteiger partial charge < -0.3 is 10.1 Å². The molecule has 1 aromatic rings. The number of urea groups is 1. The summed E-state index contributed by atoms with van der Waals surface area (Å²) >= 11 is 5.69. The van der Waals surface area contributed by atoms with Crippen molar-refractivity contribution in [2.24, 2.45) is 0 Å². The quantitative estimate of drug-likeness (QED) is 0.342. The Morgan fingerprint density at radius 3 is 2.68 bits per heavy atom. The molecule has 2 N–H and O–H groups in total. The summed E-state index contributed by atoms with van der Waals surface area (Å²) in [7, 11) is 0. The molecule has 10 heteroatoms. The highest BCUT2D eigenvalue weighted by Crippen LogP contribution is 2.25. The van der Waals surface area contributed by atoms with E-state index in [0.717, 1.165) is 6.08 Å². The number of nitro groups is 1. The molecule has 0 radical (unpaired) electrons. The van der Waals surface area contributed by atoms with Crippen molar-refractivity contribution in [3.05, 3.63) is 45.0 Å². The number of carbonyl (C=O) groups is 3. The Morgan fingerprint density at radius 2 is 2.08 bits per heavy atom. The van der Waals surface area contributed by atoms with Gasteiger partial charge in [0.25, 0.3) is 11.6 Å². The van der Waals surface area contributed by atoms with Crippen LogP contribution in [-0.4, -0.2) is 35.5 Å². The van der Waals surface area contributed by atoms with Crippen LogP contribution in [0.15, 0.2) is 24.3 Å². The molecule has 1 unspecified atom stereocenters. The molecule has 1 atom stereocenters. The molecule has 0 heterocycles. The summed E-state index contributed by atoms with van der Waals surface area (Å²) in [6.45, 7) is 3.32. The second kappa shape index (κ2) is 9.38. The summed E-state index contributed by atoms with van der Waals surface area (Å²) in [5, 5.41) is 15.1. The van der Waals surface area contributed by atoms with Crippen LogP contribution in [0.1, 0.15) is 19.4 Å². The van der Waals surface area contributed by atoms with E-state index in [9.17, 15) is 24.5 Å². The fourth-order valence-electron chi connectivity index (χ4n) is 1.62. The van der Waals surface area contributed by atoms with E-state index in [1.807, 2.05) is 5.32 Å². The molecule has 0 aliphatic heterocycles. The lowest BCUT2D eigenvalue weighted by Crippen LogP contribution is -2.44. The van der Waals surface area contributed by atoms with Gasteiger partial charge >= 0.3 is 12.0 Å². The number of hydrogen-bond acceptors (Lipinski definition) is 6. The number of nitrogens with one attached hydrogen (secondary N) is 2. The first-order chi connectivity index (χ1) is 11.7. The molecule has 0 aromatic heterocycles. The number of nitrogens with zero attached hydrogens (tertiary/aromatic N) is 1. The Kier molecular flexibility index (Phi) is 7.54. The molecule has 0 fully saturated rings. The standard InChI is InChI=1S/C15H16ClN3O6/c1-3-17-15(22)18-14(21)9(2)25-13(20)7-5-10-4-6-11(16)12(8-10)19(23)24/h4-9H,3H2,1-2H3,(H2,17,18,21,22)/b7-5+. The number of nitro benzene ring substituents is 1. The van der Waals surface area contributed by atoms with Gasteiger partial charge in [-0.15, -0.1) is 0 Å². The van der Waals surface area contributed by atoms with Gasteiger partial charge in [-0.1, -0.05) is 17.7 Å². The van der Waals surface area contributed by atoms with Crippen LogP contribution in [0.3, 0.4) is 0 Å². The van der Waals surface area contributed by atoms with Gasteiger partial charge in [-0.2, -0.15) is 0 Å². The monoisotopic (exact) mass is 369 g/mol. The van der Waals surface area contributed by atoms with E-state index in [1.54, 1.807) is 6.92 Å². The first kappa shape index (κ1) is 20.1. The average molecular weight is 370 g/mol. The third-order valence-corrected chi connectivity index (χ3v) is 3.13. The number of rotatable bonds is 6. The second-order valence-electron chi connectivity index (χ2n) is 4.73. The SMILES string of the molecule is CCNC(=O)NC(=O)C(C)OC(=O)/C=C/c1ccc(Cl)c([N+](=O)[O-])c1. The van der Waals surface area contributed by atoms with Crippen molar-refractivity contribution in [3.8, 4) is 0 Å². The first-order valence-electron chi connectivity index (χ1n) is 7.16. The Morgan fingerprint density at radius 1 is 1.40 bits per heavy atom. The van der Waals surface area contributed by atoms with Crippen LogP contribution in [0.5, 0.6) is 0 Å². The summed E-state index contributed by atoms with van der Waals surface area (Å²) in [5.74, 6) is -1.63. The summed E-state index contributed by atoms with van der Waals surface area (Å²) in [5.41, 5.74) is 0.0549. The number of esters is 1. The molecule has 0 aliphatic carbocycles. The van der Waals surface area contributed by atoms with Gasteiger partial charge in [0.05, 0.1) is 4.92 Å². The first-order valence-corrected chi connectivity index (χ1v) is 7.53. The van der Waals surface area contributed by atoms with Gasteiger partial charge in [-0.25, -0.2) is 9.59 Å². The van der Waals surface area contributed by atoms with Crippen LogP contribution in [0.25, 0.3) is 6.08 Å². The predicted octanol–water partition coefficient (Wildman–Crippen LogP) is 2.04. The lowest BCUT2D eigenvalue weighted by molar-refractivity contribution is -0.384. The molecular weight excluding hydrogens is 354 g/mol. The van der Waals surface area contributed by atoms with Gasteiger partial charge in [-0.05, 0) is 31.6 Å². The highest BCUT2D eigenvalue weighted by atomic mass is 35.5. The number of halogens is 1. The van der Waals surface area contributed by atoms with E-state index in [2.05, 4.69) is 5.32 Å². The van der Waals surface area contributed by atoms with Gasteiger partial charge in [0.15, 0.2) is 6.10 Å². The van der Waals surface area contributed by atoms with Gasteiger partial charge in [0.2, 0.25) is 0 Å². The molecule has 25 heavy (non-hydrogen) atoms. The molecule has 1 rings (SSSR count). The smallest absolute Gasteiger partial charge is 0.331 e. The largest absolute Gasteiger partial charge is 0.449 e. The number of amides is 3. The number of hydrogen-bond donors (Lipinski definition) is 2. The molecular formula is C15H16ClN3O6. The van der Waals surface area contributed by atoms with Crippen LogP contribution in [0.2, 0.25) is 5.02 Å². The minimum Gasteiger partial charge on any atom is -0.449 e. The van der Waals surface area contributed by atoms with Gasteiger partial charge in [0, 0.05) is 18.7 Å². The molecule has 9 nitrogen and oxygen atoms in total. The zero-order valence-electron chi connectivity index (χ0n) is 13.4. The Bertz CT molecular complexity index is 719. The summed E-state index contributed by atoms with van der Waals surface area (Å²) in [6.07, 6.45) is 1.09. The maximum absolute atomic E-state index is 11.7. The topological polar surface area (TPSA) is 128 Å². The van der Waals surface area contributed by atoms with Crippen molar-refractivity contribution < 1.29 is 24.0 Å². The molecule has 0 saturated carbocycles. The molecule has 1 aromatic carbocycles. The Hall–Kier alpha value is -2.94. The van der Waals surface area contributed by atoms with Crippen molar-refractivity contribution in [2.75, 3.05) is 6.54 Å². The fraction of sp³-hybridized carbons (Fsp3) is 0.267. The number of carbonyl (C=O) groups excluding carboxylic acids is 3. The number of ether oxygens (including phenoxy) is 1. The lowest BCUT2D eigenvalue weighted by Gasteiger charge is -2.11. The molecule has 0 bridgehead atoms. The van der Waals surface area contributed by atoms with Crippen molar-refractivity contribution in [2.45, 2.75) is 20.0 Å². The maximum Gasteiger partial charge on any atom is 0.331 e. The fourth-order valence-corrected chi connectivity index (χ4v) is 1.81. The van der Waals surface area contributed by atoms with E-state index in [-0.39, 0.29) is 10.7 Å². The van der Waals surface area contributed by atoms with Crippen molar-refractivity contribution in [1.29, 1.82) is 0 Å². The minimum absolute atomic E-state index is 0.0274. The highest BCUT2D eigenvalue weighted by Gasteiger charge is 2.18. The van der Waals surface area contributed by atoms with E-state index in [1.165, 1.54) is 31.2 Å². The number of imide groups is 1. The van der Waals surface area contributed by atoms with E-state index >= 15 is 0 Å².